The third-order valence-corrected chi connectivity index (χ3v) is 9.51. The van der Waals surface area contributed by atoms with E-state index in [2.05, 4.69) is 20.5 Å². The highest BCUT2D eigenvalue weighted by molar-refractivity contribution is 6.33. The lowest BCUT2D eigenvalue weighted by Crippen LogP contribution is -2.27. The molecule has 13 heteroatoms. The quantitative estimate of drug-likeness (QED) is 0.222. The van der Waals surface area contributed by atoms with Gasteiger partial charge in [0.05, 0.1) is 34.2 Å². The van der Waals surface area contributed by atoms with E-state index in [4.69, 9.17) is 11.6 Å². The first-order chi connectivity index (χ1) is 25.8. The lowest BCUT2D eigenvalue weighted by molar-refractivity contribution is -0.140. The highest BCUT2D eigenvalue weighted by atomic mass is 35.5. The fraction of sp³-hybridized carbons (Fsp3) is 0.409. The third-order valence-electron chi connectivity index (χ3n) is 9.20. The number of allylic oxidation sites excluding steroid dienone is 10. The van der Waals surface area contributed by atoms with Crippen LogP contribution in [0.5, 0.6) is 0 Å². The molecule has 304 valence electrons. The van der Waals surface area contributed by atoms with E-state index < -0.39 is 56.4 Å². The number of Topliss-reactive ketones (excluding diaryl/α,β-unsaturated/α-hetero) is 2. The monoisotopic (exact) mass is 812 g/mol. The summed E-state index contributed by atoms with van der Waals surface area (Å²) < 4.78 is 87.0. The molecular formula is C44H47ClF6N4O2. The molecule has 0 unspecified atom stereocenters. The Morgan fingerprint density at radius 1 is 0.509 bits per heavy atom. The summed E-state index contributed by atoms with van der Waals surface area (Å²) in [5.74, 6) is -0.250. The number of hydrogen-bond donors (Lipinski definition) is 0. The first-order valence-corrected chi connectivity index (χ1v) is 18.5. The number of carbonyl (C=O) groups excluding carboxylic acids is 2. The minimum atomic E-state index is -5.12. The van der Waals surface area contributed by atoms with Gasteiger partial charge < -0.3 is 0 Å². The minimum Gasteiger partial charge on any atom is -0.289 e. The molecular weight excluding hydrogens is 766 g/mol. The van der Waals surface area contributed by atoms with Gasteiger partial charge in [0.2, 0.25) is 0 Å². The van der Waals surface area contributed by atoms with Gasteiger partial charge in [-0.2, -0.15) is 41.7 Å². The predicted molar refractivity (Wildman–Crippen MR) is 212 cm³/mol. The minimum absolute atomic E-state index is 0.0454. The van der Waals surface area contributed by atoms with Crippen molar-refractivity contribution < 1.29 is 35.9 Å². The van der Waals surface area contributed by atoms with Gasteiger partial charge in [-0.15, -0.1) is 5.11 Å². The average molecular weight is 813 g/mol. The molecule has 0 amide bonds. The maximum Gasteiger partial charge on any atom is 0.418 e. The molecule has 4 rings (SSSR count). The highest BCUT2D eigenvalue weighted by Gasteiger charge is 2.41. The van der Waals surface area contributed by atoms with E-state index in [9.17, 15) is 35.9 Å². The van der Waals surface area contributed by atoms with Gasteiger partial charge in [0.25, 0.3) is 0 Å². The summed E-state index contributed by atoms with van der Waals surface area (Å²) in [7, 11) is 0. The Balaban J connectivity index is 1.78. The summed E-state index contributed by atoms with van der Waals surface area (Å²) in [5, 5.41) is 15.4. The zero-order valence-electron chi connectivity index (χ0n) is 34.1. The zero-order valence-corrected chi connectivity index (χ0v) is 34.9. The van der Waals surface area contributed by atoms with E-state index in [0.717, 1.165) is 12.3 Å². The number of benzene rings is 2. The van der Waals surface area contributed by atoms with Crippen LogP contribution in [0.25, 0.3) is 11.1 Å². The SMILES string of the molecule is CC(C)(C)C1=CC(=C/N=N/c2ccc(-c3cc(C(F)(F)F)c(/N=N/C=C4C=C(C(C)(C)C)C(=O)C(C(C)(C)C)=C4)cc3C(F)(F)F)cc2Cl)C=C(C(C)(C)C)C1=O. The molecule has 0 N–H and O–H groups in total. The van der Waals surface area contributed by atoms with Crippen molar-refractivity contribution in [2.75, 3.05) is 0 Å². The number of azo groups is 2. The Hall–Kier alpha value is -4.71. The summed E-state index contributed by atoms with van der Waals surface area (Å²) >= 11 is 6.42. The fourth-order valence-electron chi connectivity index (χ4n) is 6.12. The van der Waals surface area contributed by atoms with Crippen LogP contribution in [0, 0.1) is 21.7 Å². The van der Waals surface area contributed by atoms with Crippen LogP contribution in [-0.2, 0) is 21.9 Å². The number of halogens is 7. The van der Waals surface area contributed by atoms with Crippen molar-refractivity contribution in [1.82, 2.24) is 0 Å². The van der Waals surface area contributed by atoms with E-state index in [1.165, 1.54) is 18.3 Å². The normalized spacial score (nSPS) is 16.6. The number of ketones is 2. The number of alkyl halides is 6. The van der Waals surface area contributed by atoms with Crippen LogP contribution in [-0.4, -0.2) is 11.6 Å². The van der Waals surface area contributed by atoms with Gasteiger partial charge in [-0.3, -0.25) is 9.59 Å². The number of carbonyl (C=O) groups is 2. The van der Waals surface area contributed by atoms with E-state index in [1.54, 1.807) is 24.3 Å². The second kappa shape index (κ2) is 15.6. The van der Waals surface area contributed by atoms with Gasteiger partial charge in [0.1, 0.15) is 5.69 Å². The van der Waals surface area contributed by atoms with Crippen molar-refractivity contribution in [3.63, 3.8) is 0 Å². The molecule has 2 aliphatic carbocycles. The molecule has 0 heterocycles. The second-order valence-corrected chi connectivity index (χ2v) is 18.6. The van der Waals surface area contributed by atoms with Gasteiger partial charge >= 0.3 is 12.4 Å². The molecule has 0 saturated carbocycles. The molecule has 2 aromatic carbocycles. The first-order valence-electron chi connectivity index (χ1n) is 18.1. The maximum absolute atomic E-state index is 14.5. The van der Waals surface area contributed by atoms with Crippen LogP contribution in [0.15, 0.2) is 121 Å². The van der Waals surface area contributed by atoms with Crippen molar-refractivity contribution in [3.8, 4) is 11.1 Å². The van der Waals surface area contributed by atoms with Crippen LogP contribution in [0.3, 0.4) is 0 Å². The number of hydrogen-bond acceptors (Lipinski definition) is 6. The largest absolute Gasteiger partial charge is 0.418 e. The average Bonchev–Trinajstić information content (AvgIpc) is 3.03. The smallest absolute Gasteiger partial charge is 0.289 e. The number of nitrogens with zero attached hydrogens (tertiary/aromatic N) is 4. The van der Waals surface area contributed by atoms with Crippen LogP contribution in [0.1, 0.15) is 94.2 Å². The van der Waals surface area contributed by atoms with Crippen molar-refractivity contribution in [1.29, 1.82) is 0 Å². The Kier molecular flexibility index (Phi) is 12.3. The van der Waals surface area contributed by atoms with Gasteiger partial charge in [0, 0.05) is 22.3 Å². The standard InChI is InChI=1S/C44H47ClF6N4O2/c1-39(2,3)30-15-24(16-31(37(30)56)40(4,5)6)22-52-54-35-14-13-26(19-34(35)45)27-20-29(44(49,50)51)36(21-28(27)43(46,47)48)55-53-23-25-17-32(41(7,8)9)38(57)33(18-25)42(10,11)12/h13-23H,1-12H3/b54-52+,55-53+. The summed E-state index contributed by atoms with van der Waals surface area (Å²) in [6, 6.07) is 4.17. The van der Waals surface area contributed by atoms with Gasteiger partial charge in [0.15, 0.2) is 11.6 Å². The van der Waals surface area contributed by atoms with Gasteiger partial charge in [-0.1, -0.05) is 101 Å². The molecule has 0 aromatic heterocycles. The van der Waals surface area contributed by atoms with Crippen molar-refractivity contribution >= 4 is 34.5 Å². The lowest BCUT2D eigenvalue weighted by atomic mass is 9.72. The van der Waals surface area contributed by atoms with Crippen LogP contribution in [0.2, 0.25) is 5.02 Å². The Morgan fingerprint density at radius 2 is 0.877 bits per heavy atom. The third kappa shape index (κ3) is 10.6. The van der Waals surface area contributed by atoms with Crippen LogP contribution in [0.4, 0.5) is 37.7 Å². The molecule has 0 radical (unpaired) electrons. The molecule has 0 saturated heterocycles. The Bertz CT molecular complexity index is 2160. The van der Waals surface area contributed by atoms with Crippen molar-refractivity contribution in [2.24, 2.45) is 42.1 Å². The fourth-order valence-corrected chi connectivity index (χ4v) is 6.34. The first kappa shape index (κ1) is 45.0. The molecule has 0 spiro atoms. The van der Waals surface area contributed by atoms with E-state index in [0.29, 0.717) is 45.6 Å². The molecule has 6 nitrogen and oxygen atoms in total. The lowest BCUT2D eigenvalue weighted by Gasteiger charge is -2.31. The molecule has 2 aliphatic rings. The van der Waals surface area contributed by atoms with Gasteiger partial charge in [-0.25, -0.2) is 0 Å². The Labute approximate surface area is 335 Å². The van der Waals surface area contributed by atoms with Gasteiger partial charge in [-0.05, 0) is 92.5 Å². The summed E-state index contributed by atoms with van der Waals surface area (Å²) in [6.45, 7) is 22.5. The van der Waals surface area contributed by atoms with Crippen LogP contribution >= 0.6 is 11.6 Å². The molecule has 0 bridgehead atoms. The van der Waals surface area contributed by atoms with Crippen molar-refractivity contribution in [2.45, 2.75) is 95.4 Å². The molecule has 0 aliphatic heterocycles. The van der Waals surface area contributed by atoms with Crippen molar-refractivity contribution in [3.05, 3.63) is 117 Å². The predicted octanol–water partition coefficient (Wildman–Crippen LogP) is 15.0. The zero-order chi connectivity index (χ0) is 43.3. The maximum atomic E-state index is 14.5. The molecule has 0 atom stereocenters. The summed E-state index contributed by atoms with van der Waals surface area (Å²) in [4.78, 5) is 26.5. The topological polar surface area (TPSA) is 83.6 Å². The van der Waals surface area contributed by atoms with Crippen LogP contribution < -0.4 is 0 Å². The molecule has 2 aromatic rings. The molecule has 0 fully saturated rings. The highest BCUT2D eigenvalue weighted by Crippen LogP contribution is 2.47. The van der Waals surface area contributed by atoms with E-state index >= 15 is 0 Å². The summed E-state index contributed by atoms with van der Waals surface area (Å²) in [5.41, 5.74) is -3.98. The van der Waals surface area contributed by atoms with E-state index in [1.807, 2.05) is 83.1 Å². The molecule has 57 heavy (non-hydrogen) atoms. The number of rotatable bonds is 5. The van der Waals surface area contributed by atoms with E-state index in [-0.39, 0.29) is 27.8 Å². The Morgan fingerprint density at radius 3 is 1.21 bits per heavy atom. The summed E-state index contributed by atoms with van der Waals surface area (Å²) in [6.07, 6.45) is -1.15. The second-order valence-electron chi connectivity index (χ2n) is 18.2.